The Morgan fingerprint density at radius 2 is 2.29 bits per heavy atom. The van der Waals surface area contributed by atoms with E-state index in [1.54, 1.807) is 6.92 Å². The fourth-order valence-electron chi connectivity index (χ4n) is 0.139. The van der Waals surface area contributed by atoms with Crippen molar-refractivity contribution in [1.82, 2.24) is 0 Å². The molecule has 0 saturated carbocycles. The molecule has 0 aromatic rings. The van der Waals surface area contributed by atoms with Gasteiger partial charge >= 0.3 is 18.9 Å². The second-order valence-corrected chi connectivity index (χ2v) is 1.25. The molecule has 1 unspecified atom stereocenters. The monoisotopic (exact) mass is 96.1 g/mol. The van der Waals surface area contributed by atoms with Gasteiger partial charge in [0.05, 0.1) is 6.10 Å². The second kappa shape index (κ2) is 6.23. The van der Waals surface area contributed by atoms with Gasteiger partial charge in [0.25, 0.3) is 0 Å². The molecule has 3 heteroatoms. The van der Waals surface area contributed by atoms with Crippen molar-refractivity contribution in [3.05, 3.63) is 0 Å². The summed E-state index contributed by atoms with van der Waals surface area (Å²) in [5.41, 5.74) is 0. The van der Waals surface area contributed by atoms with Crippen molar-refractivity contribution >= 4 is 25.1 Å². The molecule has 0 saturated heterocycles. The molecule has 0 aliphatic carbocycles. The molecule has 7 heavy (non-hydrogen) atoms. The van der Waals surface area contributed by atoms with Crippen LogP contribution in [-0.2, 0) is 4.79 Å². The quantitative estimate of drug-likeness (QED) is 0.365. The predicted molar refractivity (Wildman–Crippen MR) is 29.5 cm³/mol. The van der Waals surface area contributed by atoms with Gasteiger partial charge in [-0.25, -0.2) is 0 Å². The fourth-order valence-corrected chi connectivity index (χ4v) is 0.139. The molecule has 2 nitrogen and oxygen atoms in total. The zero-order valence-corrected chi connectivity index (χ0v) is 3.72. The van der Waals surface area contributed by atoms with Crippen LogP contribution < -0.4 is 0 Å². The number of aliphatic hydroxyl groups is 1. The first-order valence-corrected chi connectivity index (χ1v) is 1.89. The molecule has 0 aliphatic rings. The molecule has 0 heterocycles. The summed E-state index contributed by atoms with van der Waals surface area (Å²) < 4.78 is 0. The Kier molecular flexibility index (Phi) is 9.13. The molecule has 0 rings (SSSR count). The van der Waals surface area contributed by atoms with Crippen LogP contribution in [-0.4, -0.2) is 36.4 Å². The van der Waals surface area contributed by atoms with Gasteiger partial charge in [-0.1, -0.05) is 0 Å². The van der Waals surface area contributed by atoms with Gasteiger partial charge in [-0.2, -0.15) is 0 Å². The first-order valence-electron chi connectivity index (χ1n) is 1.89. The van der Waals surface area contributed by atoms with E-state index < -0.39 is 6.10 Å². The second-order valence-electron chi connectivity index (χ2n) is 1.25. The molecule has 38 valence electrons. The number of hydrogen-bond donors (Lipinski definition) is 1. The maximum atomic E-state index is 9.46. The van der Waals surface area contributed by atoms with Crippen LogP contribution in [0.1, 0.15) is 13.3 Å². The standard InChI is InChI=1S/C4H8O2.Li.H/c1-4(6)2-3-5;;/h3-4,6H,2H2,1H3;;. The Morgan fingerprint density at radius 3 is 2.29 bits per heavy atom. The molecule has 0 fully saturated rings. The van der Waals surface area contributed by atoms with Gasteiger partial charge in [0.2, 0.25) is 0 Å². The van der Waals surface area contributed by atoms with Crippen LogP contribution in [0.3, 0.4) is 0 Å². The van der Waals surface area contributed by atoms with E-state index in [0.717, 1.165) is 0 Å². The summed E-state index contributed by atoms with van der Waals surface area (Å²) in [6, 6.07) is 0. The van der Waals surface area contributed by atoms with E-state index in [0.29, 0.717) is 6.29 Å². The molecule has 0 amide bonds. The maximum absolute atomic E-state index is 9.46. The van der Waals surface area contributed by atoms with Crippen LogP contribution in [0.4, 0.5) is 0 Å². The summed E-state index contributed by atoms with van der Waals surface area (Å²) in [6.07, 6.45) is 0.479. The summed E-state index contributed by atoms with van der Waals surface area (Å²) in [5, 5.41) is 8.32. The zero-order chi connectivity index (χ0) is 4.99. The SMILES string of the molecule is CC(O)CC=O.[LiH]. The Morgan fingerprint density at radius 1 is 1.86 bits per heavy atom. The van der Waals surface area contributed by atoms with Crippen molar-refractivity contribution in [2.45, 2.75) is 19.4 Å². The van der Waals surface area contributed by atoms with E-state index in [1.807, 2.05) is 0 Å². The fraction of sp³-hybridized carbons (Fsp3) is 0.750. The van der Waals surface area contributed by atoms with Gasteiger partial charge in [-0.15, -0.1) is 0 Å². The number of carbonyl (C=O) groups excluding carboxylic acids is 1. The normalized spacial score (nSPS) is 11.7. The van der Waals surface area contributed by atoms with Gasteiger partial charge in [0.1, 0.15) is 6.29 Å². The van der Waals surface area contributed by atoms with Gasteiger partial charge in [-0.3, -0.25) is 0 Å². The Balaban J connectivity index is 0. The summed E-state index contributed by atoms with van der Waals surface area (Å²) in [5.74, 6) is 0. The Hall–Kier alpha value is 0.227. The Labute approximate surface area is 55.1 Å². The van der Waals surface area contributed by atoms with E-state index in [4.69, 9.17) is 5.11 Å². The number of aldehydes is 1. The van der Waals surface area contributed by atoms with Crippen molar-refractivity contribution in [2.75, 3.05) is 0 Å². The minimum atomic E-state index is -0.470. The van der Waals surface area contributed by atoms with Crippen molar-refractivity contribution < 1.29 is 9.90 Å². The third kappa shape index (κ3) is 10.7. The van der Waals surface area contributed by atoms with Crippen molar-refractivity contribution in [2.24, 2.45) is 0 Å². The number of rotatable bonds is 2. The van der Waals surface area contributed by atoms with E-state index in [-0.39, 0.29) is 25.3 Å². The number of carbonyl (C=O) groups is 1. The molecule has 0 aliphatic heterocycles. The average Bonchev–Trinajstić information content (AvgIpc) is 1.35. The Bertz CT molecular complexity index is 45.0. The van der Waals surface area contributed by atoms with Crippen LogP contribution in [0.5, 0.6) is 0 Å². The topological polar surface area (TPSA) is 37.3 Å². The zero-order valence-electron chi connectivity index (χ0n) is 3.72. The number of aliphatic hydroxyl groups excluding tert-OH is 1. The van der Waals surface area contributed by atoms with E-state index in [1.165, 1.54) is 0 Å². The summed E-state index contributed by atoms with van der Waals surface area (Å²) in [7, 11) is 0. The molecule has 0 bridgehead atoms. The molecule has 0 aromatic heterocycles. The molecule has 1 atom stereocenters. The third-order valence-electron chi connectivity index (χ3n) is 0.437. The van der Waals surface area contributed by atoms with Gasteiger partial charge in [0, 0.05) is 6.42 Å². The van der Waals surface area contributed by atoms with E-state index >= 15 is 0 Å². The first-order chi connectivity index (χ1) is 2.77. The summed E-state index contributed by atoms with van der Waals surface area (Å²) in [4.78, 5) is 9.46. The molecular formula is C4H9LiO2. The van der Waals surface area contributed by atoms with Gasteiger partial charge in [-0.05, 0) is 6.92 Å². The van der Waals surface area contributed by atoms with Crippen LogP contribution in [0, 0.1) is 0 Å². The van der Waals surface area contributed by atoms with E-state index in [2.05, 4.69) is 0 Å². The average molecular weight is 96.1 g/mol. The van der Waals surface area contributed by atoms with E-state index in [9.17, 15) is 4.79 Å². The van der Waals surface area contributed by atoms with Gasteiger partial charge in [0.15, 0.2) is 0 Å². The molecular weight excluding hydrogens is 87.0 g/mol. The molecule has 0 radical (unpaired) electrons. The van der Waals surface area contributed by atoms with Gasteiger partial charge < -0.3 is 9.90 Å². The third-order valence-corrected chi connectivity index (χ3v) is 0.437. The minimum absolute atomic E-state index is 0. The first kappa shape index (κ1) is 10.3. The van der Waals surface area contributed by atoms with Crippen LogP contribution >= 0.6 is 0 Å². The number of hydrogen-bond acceptors (Lipinski definition) is 2. The van der Waals surface area contributed by atoms with Crippen molar-refractivity contribution in [3.63, 3.8) is 0 Å². The van der Waals surface area contributed by atoms with Crippen molar-refractivity contribution in [1.29, 1.82) is 0 Å². The molecule has 0 aromatic carbocycles. The van der Waals surface area contributed by atoms with Crippen molar-refractivity contribution in [3.8, 4) is 0 Å². The van der Waals surface area contributed by atoms with Crippen LogP contribution in [0.2, 0.25) is 0 Å². The van der Waals surface area contributed by atoms with Crippen LogP contribution in [0.25, 0.3) is 0 Å². The summed E-state index contributed by atoms with van der Waals surface area (Å²) in [6.45, 7) is 1.58. The summed E-state index contributed by atoms with van der Waals surface area (Å²) >= 11 is 0. The molecule has 1 N–H and O–H groups in total. The predicted octanol–water partition coefficient (Wildman–Crippen LogP) is -0.692. The molecule has 0 spiro atoms. The van der Waals surface area contributed by atoms with Crippen LogP contribution in [0.15, 0.2) is 0 Å².